The van der Waals surface area contributed by atoms with Crippen LogP contribution < -0.4 is 14.2 Å². The molecule has 0 aromatic heterocycles. The molecule has 0 aliphatic carbocycles. The lowest BCUT2D eigenvalue weighted by Gasteiger charge is -2.26. The Morgan fingerprint density at radius 2 is 1.87 bits per heavy atom. The van der Waals surface area contributed by atoms with Crippen molar-refractivity contribution in [1.82, 2.24) is 4.90 Å². The molecule has 2 aliphatic heterocycles. The molecule has 4 rings (SSSR count). The molecule has 2 heterocycles. The van der Waals surface area contributed by atoms with Crippen molar-refractivity contribution in [3.05, 3.63) is 58.7 Å². The number of ether oxygens (including phenoxy) is 4. The smallest absolute Gasteiger partial charge is 0.295 e. The third kappa shape index (κ3) is 5.65. The van der Waals surface area contributed by atoms with E-state index in [2.05, 4.69) is 6.92 Å². The van der Waals surface area contributed by atoms with Gasteiger partial charge in [0.15, 0.2) is 11.5 Å². The van der Waals surface area contributed by atoms with E-state index in [1.807, 2.05) is 26.0 Å². The molecule has 2 aromatic rings. The van der Waals surface area contributed by atoms with Crippen LogP contribution in [0.3, 0.4) is 0 Å². The van der Waals surface area contributed by atoms with Gasteiger partial charge < -0.3 is 29.0 Å². The molecule has 0 bridgehead atoms. The molecule has 8 heteroatoms. The molecule has 1 amide bonds. The highest BCUT2D eigenvalue weighted by molar-refractivity contribution is 6.46. The minimum Gasteiger partial charge on any atom is -0.507 e. The minimum absolute atomic E-state index is 0.0390. The number of hydrogen-bond acceptors (Lipinski definition) is 7. The van der Waals surface area contributed by atoms with Gasteiger partial charge in [0.25, 0.3) is 11.7 Å². The number of carbonyl (C=O) groups is 2. The van der Waals surface area contributed by atoms with E-state index in [-0.39, 0.29) is 30.6 Å². The van der Waals surface area contributed by atoms with E-state index in [1.54, 1.807) is 24.3 Å². The first-order chi connectivity index (χ1) is 18.4. The number of likely N-dealkylation sites (tertiary alicyclic amines) is 1. The van der Waals surface area contributed by atoms with Crippen LogP contribution in [0.4, 0.5) is 0 Å². The maximum Gasteiger partial charge on any atom is 0.295 e. The topological polar surface area (TPSA) is 94.5 Å². The standard InChI is InChI=1S/C30H37NO7/c1-5-7-8-14-37-24-12-9-20(18-25(24)36-6-2)27-26(29(33)30(34)31(27)13-15-35-4)28(32)21-10-11-23-22(17-21)16-19(3)38-23/h9-12,17-19,27,32H,5-8,13-16H2,1-4H3/b28-26+/t19-,27+/m0/s1. The average Bonchev–Trinajstić information content (AvgIpc) is 3.41. The predicted molar refractivity (Wildman–Crippen MR) is 144 cm³/mol. The molecule has 0 unspecified atom stereocenters. The molecule has 204 valence electrons. The van der Waals surface area contributed by atoms with E-state index < -0.39 is 17.7 Å². The van der Waals surface area contributed by atoms with Crippen molar-refractivity contribution in [2.75, 3.05) is 33.5 Å². The van der Waals surface area contributed by atoms with Crippen molar-refractivity contribution in [2.45, 2.75) is 58.6 Å². The van der Waals surface area contributed by atoms with Crippen molar-refractivity contribution in [1.29, 1.82) is 0 Å². The summed E-state index contributed by atoms with van der Waals surface area (Å²) < 4.78 is 22.8. The Labute approximate surface area is 224 Å². The van der Waals surface area contributed by atoms with Crippen molar-refractivity contribution in [3.8, 4) is 17.2 Å². The number of aliphatic hydroxyl groups excluding tert-OH is 1. The zero-order valence-electron chi connectivity index (χ0n) is 22.6. The third-order valence-electron chi connectivity index (χ3n) is 6.83. The highest BCUT2D eigenvalue weighted by Gasteiger charge is 2.46. The summed E-state index contributed by atoms with van der Waals surface area (Å²) in [6.07, 6.45) is 3.85. The maximum absolute atomic E-state index is 13.3. The van der Waals surface area contributed by atoms with Gasteiger partial charge in [0, 0.05) is 25.6 Å². The fourth-order valence-corrected chi connectivity index (χ4v) is 4.99. The van der Waals surface area contributed by atoms with Gasteiger partial charge in [-0.15, -0.1) is 0 Å². The van der Waals surface area contributed by atoms with Gasteiger partial charge in [-0.25, -0.2) is 0 Å². The molecule has 2 aliphatic rings. The predicted octanol–water partition coefficient (Wildman–Crippen LogP) is 5.05. The SMILES string of the molecule is CCCCCOc1ccc([C@@H]2/C(=C(\O)c3ccc4c(c3)C[C@H](C)O4)C(=O)C(=O)N2CCOC)cc1OCC. The Morgan fingerprint density at radius 3 is 2.61 bits per heavy atom. The second-order valence-corrected chi connectivity index (χ2v) is 9.64. The van der Waals surface area contributed by atoms with Gasteiger partial charge in [-0.1, -0.05) is 25.8 Å². The summed E-state index contributed by atoms with van der Waals surface area (Å²) in [5.41, 5.74) is 2.11. The van der Waals surface area contributed by atoms with Crippen LogP contribution >= 0.6 is 0 Å². The van der Waals surface area contributed by atoms with Crippen LogP contribution in [-0.4, -0.2) is 61.3 Å². The van der Waals surface area contributed by atoms with E-state index >= 15 is 0 Å². The molecule has 1 saturated heterocycles. The first-order valence-electron chi connectivity index (χ1n) is 13.4. The second-order valence-electron chi connectivity index (χ2n) is 9.64. The van der Waals surface area contributed by atoms with Crippen LogP contribution in [0.1, 0.15) is 62.8 Å². The second kappa shape index (κ2) is 12.3. The lowest BCUT2D eigenvalue weighted by atomic mass is 9.94. The highest BCUT2D eigenvalue weighted by atomic mass is 16.5. The number of methoxy groups -OCH3 is 1. The summed E-state index contributed by atoms with van der Waals surface area (Å²) in [4.78, 5) is 27.9. The summed E-state index contributed by atoms with van der Waals surface area (Å²) in [7, 11) is 1.54. The largest absolute Gasteiger partial charge is 0.507 e. The summed E-state index contributed by atoms with van der Waals surface area (Å²) in [6.45, 7) is 7.43. The number of aliphatic hydroxyl groups is 1. The molecule has 8 nitrogen and oxygen atoms in total. The zero-order valence-corrected chi connectivity index (χ0v) is 22.6. The van der Waals surface area contributed by atoms with Crippen LogP contribution in [0.2, 0.25) is 0 Å². The molecule has 0 saturated carbocycles. The minimum atomic E-state index is -0.804. The normalized spacial score (nSPS) is 19.9. The monoisotopic (exact) mass is 523 g/mol. The summed E-state index contributed by atoms with van der Waals surface area (Å²) in [6, 6.07) is 9.94. The lowest BCUT2D eigenvalue weighted by Crippen LogP contribution is -2.32. The van der Waals surface area contributed by atoms with Crippen molar-refractivity contribution >= 4 is 17.4 Å². The van der Waals surface area contributed by atoms with Crippen LogP contribution in [-0.2, 0) is 20.7 Å². The number of benzene rings is 2. The number of nitrogens with zero attached hydrogens (tertiary/aromatic N) is 1. The van der Waals surface area contributed by atoms with E-state index in [0.29, 0.717) is 42.3 Å². The summed E-state index contributed by atoms with van der Waals surface area (Å²) in [5.74, 6) is 0.280. The first kappa shape index (κ1) is 27.5. The van der Waals surface area contributed by atoms with E-state index in [0.717, 1.165) is 30.6 Å². The van der Waals surface area contributed by atoms with E-state index in [9.17, 15) is 14.7 Å². The molecule has 1 N–H and O–H groups in total. The number of fused-ring (bicyclic) bond motifs is 1. The van der Waals surface area contributed by atoms with Crippen LogP contribution in [0.5, 0.6) is 17.2 Å². The molecule has 38 heavy (non-hydrogen) atoms. The van der Waals surface area contributed by atoms with E-state index in [1.165, 1.54) is 12.0 Å². The number of Topliss-reactive ketones (excluding diaryl/α,β-unsaturated/α-hetero) is 1. The number of amides is 1. The number of ketones is 1. The van der Waals surface area contributed by atoms with Crippen LogP contribution in [0.15, 0.2) is 42.0 Å². The lowest BCUT2D eigenvalue weighted by molar-refractivity contribution is -0.140. The molecule has 1 fully saturated rings. The summed E-state index contributed by atoms with van der Waals surface area (Å²) >= 11 is 0. The average molecular weight is 524 g/mol. The summed E-state index contributed by atoms with van der Waals surface area (Å²) in [5, 5.41) is 11.4. The maximum atomic E-state index is 13.3. The Hall–Kier alpha value is -3.52. The Bertz CT molecular complexity index is 1210. The van der Waals surface area contributed by atoms with Crippen molar-refractivity contribution in [3.63, 3.8) is 0 Å². The number of carbonyl (C=O) groups excluding carboxylic acids is 2. The molecular formula is C30H37NO7. The van der Waals surface area contributed by atoms with E-state index in [4.69, 9.17) is 18.9 Å². The fraction of sp³-hybridized carbons (Fsp3) is 0.467. The molecule has 0 spiro atoms. The van der Waals surface area contributed by atoms with Gasteiger partial charge in [-0.3, -0.25) is 9.59 Å². The van der Waals surface area contributed by atoms with Crippen molar-refractivity contribution in [2.24, 2.45) is 0 Å². The Balaban J connectivity index is 1.76. The van der Waals surface area contributed by atoms with Gasteiger partial charge >= 0.3 is 0 Å². The van der Waals surface area contributed by atoms with Crippen molar-refractivity contribution < 1.29 is 33.6 Å². The molecule has 2 aromatic carbocycles. The third-order valence-corrected chi connectivity index (χ3v) is 6.83. The number of hydrogen-bond donors (Lipinski definition) is 1. The Morgan fingerprint density at radius 1 is 1.05 bits per heavy atom. The molecule has 0 radical (unpaired) electrons. The molecule has 2 atom stereocenters. The Kier molecular flexibility index (Phi) is 8.94. The highest BCUT2D eigenvalue weighted by Crippen LogP contribution is 2.42. The first-order valence-corrected chi connectivity index (χ1v) is 13.4. The van der Waals surface area contributed by atoms with Crippen LogP contribution in [0, 0.1) is 0 Å². The fourth-order valence-electron chi connectivity index (χ4n) is 4.99. The number of unbranched alkanes of at least 4 members (excludes halogenated alkanes) is 2. The van der Waals surface area contributed by atoms with Gasteiger partial charge in [-0.05, 0) is 61.7 Å². The quantitative estimate of drug-likeness (QED) is 0.180. The van der Waals surface area contributed by atoms with Gasteiger partial charge in [0.05, 0.1) is 31.4 Å². The van der Waals surface area contributed by atoms with Gasteiger partial charge in [0.1, 0.15) is 17.6 Å². The van der Waals surface area contributed by atoms with Crippen LogP contribution in [0.25, 0.3) is 5.76 Å². The van der Waals surface area contributed by atoms with Gasteiger partial charge in [-0.2, -0.15) is 0 Å². The van der Waals surface area contributed by atoms with Gasteiger partial charge in [0.2, 0.25) is 0 Å². The zero-order chi connectivity index (χ0) is 27.2. The molecular weight excluding hydrogens is 486 g/mol. The number of rotatable bonds is 12.